The van der Waals surface area contributed by atoms with E-state index in [-0.39, 0.29) is 0 Å². The number of carboxylic acid groups (broad SMARTS) is 1. The number of aliphatic carboxylic acids is 1. The van der Waals surface area contributed by atoms with Crippen LogP contribution in [-0.4, -0.2) is 46.7 Å². The van der Waals surface area contributed by atoms with Crippen LogP contribution in [0.1, 0.15) is 43.9 Å². The second-order valence-corrected chi connectivity index (χ2v) is 8.38. The molecule has 3 saturated heterocycles. The lowest BCUT2D eigenvalue weighted by Gasteiger charge is -2.54. The van der Waals surface area contributed by atoms with Crippen LogP contribution in [0.15, 0.2) is 0 Å². The van der Waals surface area contributed by atoms with Gasteiger partial charge in [0.15, 0.2) is 0 Å². The van der Waals surface area contributed by atoms with Crippen LogP contribution in [0.2, 0.25) is 0 Å². The van der Waals surface area contributed by atoms with Gasteiger partial charge in [0.25, 0.3) is 0 Å². The van der Waals surface area contributed by atoms with Gasteiger partial charge in [-0.25, -0.2) is 4.98 Å². The van der Waals surface area contributed by atoms with Crippen molar-refractivity contribution in [2.75, 3.05) is 29.4 Å². The summed E-state index contributed by atoms with van der Waals surface area (Å²) in [5, 5.41) is 9.13. The number of aryl methyl sites for hydroxylation is 1. The van der Waals surface area contributed by atoms with Gasteiger partial charge in [-0.15, -0.1) is 0 Å². The monoisotopic (exact) mass is 342 g/mol. The Kier molecular flexibility index (Phi) is 3.44. The van der Waals surface area contributed by atoms with Crippen LogP contribution < -0.4 is 9.80 Å². The lowest BCUT2D eigenvalue weighted by atomic mass is 9.60. The van der Waals surface area contributed by atoms with Crippen molar-refractivity contribution in [3.8, 4) is 0 Å². The van der Waals surface area contributed by atoms with Crippen molar-refractivity contribution in [1.82, 2.24) is 9.97 Å². The Morgan fingerprint density at radius 1 is 1.24 bits per heavy atom. The molecular formula is C19H26N4O2. The number of carbonyl (C=O) groups is 1. The summed E-state index contributed by atoms with van der Waals surface area (Å²) in [6, 6.07) is 0.544. The summed E-state index contributed by atoms with van der Waals surface area (Å²) < 4.78 is 0. The highest BCUT2D eigenvalue weighted by molar-refractivity contribution is 5.67. The van der Waals surface area contributed by atoms with E-state index in [1.165, 1.54) is 30.5 Å². The highest BCUT2D eigenvalue weighted by Gasteiger charge is 2.48. The van der Waals surface area contributed by atoms with Gasteiger partial charge in [-0.2, -0.15) is 4.98 Å². The van der Waals surface area contributed by atoms with Crippen molar-refractivity contribution < 1.29 is 9.90 Å². The first kappa shape index (κ1) is 15.4. The first-order valence-corrected chi connectivity index (χ1v) is 9.73. The average molecular weight is 342 g/mol. The molecule has 1 saturated carbocycles. The van der Waals surface area contributed by atoms with Crippen molar-refractivity contribution in [3.05, 3.63) is 11.3 Å². The maximum atomic E-state index is 11.1. The molecule has 0 radical (unpaired) electrons. The smallest absolute Gasteiger partial charge is 0.303 e. The minimum Gasteiger partial charge on any atom is -0.481 e. The van der Waals surface area contributed by atoms with Gasteiger partial charge in [0, 0.05) is 37.7 Å². The van der Waals surface area contributed by atoms with E-state index in [9.17, 15) is 4.79 Å². The van der Waals surface area contributed by atoms with Crippen LogP contribution in [0, 0.1) is 17.8 Å². The van der Waals surface area contributed by atoms with E-state index >= 15 is 0 Å². The zero-order chi connectivity index (χ0) is 17.1. The standard InChI is InChI=1S/C19H26N4O2/c1-11-5-6-23(11)19-20-16-4-2-3-14(16)18(21-19)22-9-12-7-13(10-22)15(12)8-17(24)25/h11-13,15H,2-10H2,1H3,(H,24,25)/t11-,12-,13+,15+/m0/s1. The van der Waals surface area contributed by atoms with Gasteiger partial charge in [-0.05, 0) is 56.8 Å². The summed E-state index contributed by atoms with van der Waals surface area (Å²) in [5.41, 5.74) is 2.61. The van der Waals surface area contributed by atoms with E-state index in [2.05, 4.69) is 16.7 Å². The zero-order valence-corrected chi connectivity index (χ0v) is 14.8. The molecule has 0 aromatic carbocycles. The molecule has 25 heavy (non-hydrogen) atoms. The summed E-state index contributed by atoms with van der Waals surface area (Å²) in [7, 11) is 0. The molecule has 5 aliphatic rings. The molecule has 6 heteroatoms. The minimum atomic E-state index is -0.648. The third-order valence-electron chi connectivity index (χ3n) is 6.91. The summed E-state index contributed by atoms with van der Waals surface area (Å²) in [6.07, 6.45) is 6.09. The Morgan fingerprint density at radius 2 is 2.04 bits per heavy atom. The number of fused-ring (bicyclic) bond motifs is 3. The Morgan fingerprint density at radius 3 is 2.68 bits per heavy atom. The Labute approximate surface area is 148 Å². The van der Waals surface area contributed by atoms with Crippen LogP contribution >= 0.6 is 0 Å². The third kappa shape index (κ3) is 2.41. The van der Waals surface area contributed by atoms with Gasteiger partial charge in [-0.3, -0.25) is 4.79 Å². The topological polar surface area (TPSA) is 69.6 Å². The number of hydrogen-bond donors (Lipinski definition) is 1. The first-order valence-electron chi connectivity index (χ1n) is 9.73. The molecule has 6 rings (SSSR count). The molecule has 1 aromatic heterocycles. The van der Waals surface area contributed by atoms with Gasteiger partial charge >= 0.3 is 5.97 Å². The number of aromatic nitrogens is 2. The maximum absolute atomic E-state index is 11.1. The lowest BCUT2D eigenvalue weighted by molar-refractivity contribution is -0.141. The summed E-state index contributed by atoms with van der Waals surface area (Å²) in [4.78, 5) is 25.7. The average Bonchev–Trinajstić information content (AvgIpc) is 3.06. The third-order valence-corrected chi connectivity index (χ3v) is 6.91. The zero-order valence-electron chi connectivity index (χ0n) is 14.8. The van der Waals surface area contributed by atoms with Gasteiger partial charge < -0.3 is 14.9 Å². The van der Waals surface area contributed by atoms with Crippen LogP contribution in [-0.2, 0) is 17.6 Å². The van der Waals surface area contributed by atoms with Crippen LogP contribution in [0.25, 0.3) is 0 Å². The van der Waals surface area contributed by atoms with E-state index < -0.39 is 5.97 Å². The predicted molar refractivity (Wildman–Crippen MR) is 95.0 cm³/mol. The van der Waals surface area contributed by atoms with E-state index in [0.29, 0.717) is 30.2 Å². The van der Waals surface area contributed by atoms with Gasteiger partial charge in [0.2, 0.25) is 5.95 Å². The second kappa shape index (κ2) is 5.58. The quantitative estimate of drug-likeness (QED) is 0.904. The number of hydrogen-bond acceptors (Lipinski definition) is 5. The van der Waals surface area contributed by atoms with Crippen molar-refractivity contribution in [2.45, 2.75) is 51.5 Å². The second-order valence-electron chi connectivity index (χ2n) is 8.38. The maximum Gasteiger partial charge on any atom is 0.303 e. The molecular weight excluding hydrogens is 316 g/mol. The fourth-order valence-corrected chi connectivity index (χ4v) is 5.30. The molecule has 1 N–H and O–H groups in total. The van der Waals surface area contributed by atoms with Crippen LogP contribution in [0.3, 0.4) is 0 Å². The molecule has 2 bridgehead atoms. The van der Waals surface area contributed by atoms with E-state index in [0.717, 1.165) is 44.2 Å². The van der Waals surface area contributed by atoms with Gasteiger partial charge in [-0.1, -0.05) is 0 Å². The largest absolute Gasteiger partial charge is 0.481 e. The molecule has 134 valence electrons. The van der Waals surface area contributed by atoms with Crippen molar-refractivity contribution in [2.24, 2.45) is 17.8 Å². The van der Waals surface area contributed by atoms with E-state index in [1.807, 2.05) is 0 Å². The van der Waals surface area contributed by atoms with E-state index in [1.54, 1.807) is 0 Å². The van der Waals surface area contributed by atoms with Crippen molar-refractivity contribution in [1.29, 1.82) is 0 Å². The highest BCUT2D eigenvalue weighted by Crippen LogP contribution is 2.49. The lowest BCUT2D eigenvalue weighted by Crippen LogP contribution is -2.56. The Hall–Kier alpha value is -1.85. The number of rotatable bonds is 4. The fourth-order valence-electron chi connectivity index (χ4n) is 5.30. The van der Waals surface area contributed by atoms with Crippen LogP contribution in [0.4, 0.5) is 11.8 Å². The molecule has 0 spiro atoms. The molecule has 4 atom stereocenters. The number of carboxylic acids is 1. The Balaban J connectivity index is 1.42. The van der Waals surface area contributed by atoms with Crippen molar-refractivity contribution in [3.63, 3.8) is 0 Å². The number of piperidine rings is 2. The minimum absolute atomic E-state index is 0.335. The van der Waals surface area contributed by atoms with Gasteiger partial charge in [0.05, 0.1) is 5.69 Å². The Bertz CT molecular complexity index is 710. The number of anilines is 2. The molecule has 1 aromatic rings. The molecule has 4 fully saturated rings. The number of nitrogens with zero attached hydrogens (tertiary/aromatic N) is 4. The normalized spacial score (nSPS) is 32.8. The molecule has 6 nitrogen and oxygen atoms in total. The summed E-state index contributed by atoms with van der Waals surface area (Å²) in [5.74, 6) is 2.83. The summed E-state index contributed by atoms with van der Waals surface area (Å²) in [6.45, 7) is 5.23. The highest BCUT2D eigenvalue weighted by atomic mass is 16.4. The molecule has 3 aliphatic heterocycles. The molecule has 4 heterocycles. The molecule has 0 amide bonds. The van der Waals surface area contributed by atoms with Crippen molar-refractivity contribution >= 4 is 17.7 Å². The van der Waals surface area contributed by atoms with Gasteiger partial charge in [0.1, 0.15) is 5.82 Å². The fraction of sp³-hybridized carbons (Fsp3) is 0.737. The molecule has 0 unspecified atom stereocenters. The predicted octanol–water partition coefficient (Wildman–Crippen LogP) is 2.11. The van der Waals surface area contributed by atoms with Crippen LogP contribution in [0.5, 0.6) is 0 Å². The van der Waals surface area contributed by atoms with E-state index in [4.69, 9.17) is 15.1 Å². The SMILES string of the molecule is C[C@H]1CCN1c1nc2c(c(N3C[C@H]4C[C@@H](C3)[C@H]4CC(=O)O)n1)CCC2. The first-order chi connectivity index (χ1) is 12.1. The summed E-state index contributed by atoms with van der Waals surface area (Å²) >= 11 is 0. The molecule has 2 aliphatic carbocycles.